The summed E-state index contributed by atoms with van der Waals surface area (Å²) >= 11 is 0. The topological polar surface area (TPSA) is 21.7 Å². The summed E-state index contributed by atoms with van der Waals surface area (Å²) in [5.41, 5.74) is 1.51. The van der Waals surface area contributed by atoms with Crippen LogP contribution in [-0.2, 0) is 4.74 Å². The van der Waals surface area contributed by atoms with Crippen molar-refractivity contribution >= 4 is 10.8 Å². The summed E-state index contributed by atoms with van der Waals surface area (Å²) in [6.07, 6.45) is 5.40. The molecule has 24 heavy (non-hydrogen) atoms. The average Bonchev–Trinajstić information content (AvgIpc) is 2.82. The van der Waals surface area contributed by atoms with Crippen molar-refractivity contribution in [3.8, 4) is 5.75 Å². The predicted molar refractivity (Wildman–Crippen MR) is 97.9 cm³/mol. The van der Waals surface area contributed by atoms with Gasteiger partial charge in [-0.25, -0.2) is 0 Å². The molecule has 2 bridgehead atoms. The van der Waals surface area contributed by atoms with Crippen molar-refractivity contribution in [1.29, 1.82) is 0 Å². The maximum absolute atomic E-state index is 5.72. The molecule has 2 fully saturated rings. The molecule has 0 radical (unpaired) electrons. The molecular weight excluding hydrogens is 298 g/mol. The first-order valence-corrected chi connectivity index (χ1v) is 9.12. The Bertz CT molecular complexity index is 700. The lowest BCUT2D eigenvalue weighted by Gasteiger charge is -2.36. The third-order valence-electron chi connectivity index (χ3n) is 5.96. The molecule has 2 aliphatic rings. The molecule has 1 unspecified atom stereocenters. The summed E-state index contributed by atoms with van der Waals surface area (Å²) in [5.74, 6) is 1.64. The first-order chi connectivity index (χ1) is 11.7. The van der Waals surface area contributed by atoms with Crippen LogP contribution in [0.25, 0.3) is 10.8 Å². The fourth-order valence-corrected chi connectivity index (χ4v) is 4.51. The molecule has 2 aliphatic heterocycles. The third kappa shape index (κ3) is 3.03. The van der Waals surface area contributed by atoms with E-state index in [9.17, 15) is 0 Å². The summed E-state index contributed by atoms with van der Waals surface area (Å²) in [4.78, 5) is 2.61. The van der Waals surface area contributed by atoms with Gasteiger partial charge in [-0.05, 0) is 67.1 Å². The van der Waals surface area contributed by atoms with E-state index in [1.54, 1.807) is 7.11 Å². The molecule has 128 valence electrons. The molecule has 0 N–H and O–H groups in total. The number of ether oxygens (including phenoxy) is 2. The van der Waals surface area contributed by atoms with Crippen molar-refractivity contribution in [2.75, 3.05) is 27.4 Å². The van der Waals surface area contributed by atoms with Crippen molar-refractivity contribution in [1.82, 2.24) is 4.90 Å². The molecule has 2 heterocycles. The lowest BCUT2D eigenvalue weighted by Crippen LogP contribution is -2.39. The number of nitrogens with zero attached hydrogens (tertiary/aromatic N) is 1. The average molecular weight is 325 g/mol. The zero-order valence-electron chi connectivity index (χ0n) is 14.7. The summed E-state index contributed by atoms with van der Waals surface area (Å²) in [6.45, 7) is 1.22. The van der Waals surface area contributed by atoms with Crippen LogP contribution in [0.2, 0.25) is 0 Å². The Labute approximate surface area is 144 Å². The Morgan fingerprint density at radius 3 is 2.42 bits per heavy atom. The molecule has 2 aromatic carbocycles. The van der Waals surface area contributed by atoms with Crippen LogP contribution in [-0.4, -0.2) is 44.4 Å². The van der Waals surface area contributed by atoms with Gasteiger partial charge in [-0.2, -0.15) is 0 Å². The number of fused-ring (bicyclic) bond motifs is 3. The van der Waals surface area contributed by atoms with Crippen LogP contribution in [0, 0.1) is 0 Å². The standard InChI is InChI=1S/C21H27NO2/c1-22-19-6-7-20(22)13-18(12-19)16-3-4-17-14-21(24-10-9-23-2)8-5-15(17)11-16/h3-5,8,11,14,18-20H,6-7,9-10,12-13H2,1-2H3/t18?,19-,20+. The first-order valence-electron chi connectivity index (χ1n) is 9.12. The van der Waals surface area contributed by atoms with Crippen molar-refractivity contribution in [3.63, 3.8) is 0 Å². The minimum Gasteiger partial charge on any atom is -0.491 e. The zero-order valence-corrected chi connectivity index (χ0v) is 14.7. The van der Waals surface area contributed by atoms with Gasteiger partial charge in [-0.1, -0.05) is 24.3 Å². The van der Waals surface area contributed by atoms with E-state index in [2.05, 4.69) is 48.3 Å². The Kier molecular flexibility index (Phi) is 4.47. The summed E-state index contributed by atoms with van der Waals surface area (Å²) in [6, 6.07) is 15.0. The number of rotatable bonds is 5. The van der Waals surface area contributed by atoms with Gasteiger partial charge in [-0.15, -0.1) is 0 Å². The quantitative estimate of drug-likeness (QED) is 0.769. The molecule has 0 amide bonds. The molecule has 2 aromatic rings. The SMILES string of the molecule is COCCOc1ccc2cc(C3C[C@H]4CC[C@@H](C3)N4C)ccc2c1. The van der Waals surface area contributed by atoms with Gasteiger partial charge in [0.25, 0.3) is 0 Å². The highest BCUT2D eigenvalue weighted by molar-refractivity contribution is 5.84. The Morgan fingerprint density at radius 2 is 1.67 bits per heavy atom. The minimum absolute atomic E-state index is 0.596. The van der Waals surface area contributed by atoms with Gasteiger partial charge in [-0.3, -0.25) is 0 Å². The smallest absolute Gasteiger partial charge is 0.120 e. The van der Waals surface area contributed by atoms with Crippen LogP contribution in [0.1, 0.15) is 37.2 Å². The van der Waals surface area contributed by atoms with Crippen LogP contribution < -0.4 is 4.74 Å². The second-order valence-corrected chi connectivity index (χ2v) is 7.33. The van der Waals surface area contributed by atoms with E-state index in [1.807, 2.05) is 0 Å². The minimum atomic E-state index is 0.596. The lowest BCUT2D eigenvalue weighted by molar-refractivity contribution is 0.146. The van der Waals surface area contributed by atoms with Crippen molar-refractivity contribution < 1.29 is 9.47 Å². The molecular formula is C21H27NO2. The highest BCUT2D eigenvalue weighted by Gasteiger charge is 2.38. The van der Waals surface area contributed by atoms with Crippen LogP contribution in [0.4, 0.5) is 0 Å². The third-order valence-corrected chi connectivity index (χ3v) is 5.96. The van der Waals surface area contributed by atoms with E-state index in [0.29, 0.717) is 13.2 Å². The van der Waals surface area contributed by atoms with Gasteiger partial charge in [0.05, 0.1) is 6.61 Å². The van der Waals surface area contributed by atoms with Gasteiger partial charge in [0.15, 0.2) is 0 Å². The van der Waals surface area contributed by atoms with E-state index in [1.165, 1.54) is 42.0 Å². The van der Waals surface area contributed by atoms with Crippen molar-refractivity contribution in [3.05, 3.63) is 42.0 Å². The number of benzene rings is 2. The van der Waals surface area contributed by atoms with E-state index >= 15 is 0 Å². The number of hydrogen-bond acceptors (Lipinski definition) is 3. The summed E-state index contributed by atoms with van der Waals surface area (Å²) in [7, 11) is 4.00. The Morgan fingerprint density at radius 1 is 0.958 bits per heavy atom. The molecule has 0 spiro atoms. The molecule has 0 aliphatic carbocycles. The monoisotopic (exact) mass is 325 g/mol. The van der Waals surface area contributed by atoms with Gasteiger partial charge in [0.1, 0.15) is 12.4 Å². The van der Waals surface area contributed by atoms with Gasteiger partial charge >= 0.3 is 0 Å². The maximum atomic E-state index is 5.72. The maximum Gasteiger partial charge on any atom is 0.120 e. The Hall–Kier alpha value is -1.58. The van der Waals surface area contributed by atoms with E-state index in [-0.39, 0.29) is 0 Å². The summed E-state index contributed by atoms with van der Waals surface area (Å²) < 4.78 is 10.8. The highest BCUT2D eigenvalue weighted by Crippen LogP contribution is 2.42. The molecule has 2 saturated heterocycles. The van der Waals surface area contributed by atoms with Crippen LogP contribution in [0.3, 0.4) is 0 Å². The first kappa shape index (κ1) is 15.9. The fraction of sp³-hybridized carbons (Fsp3) is 0.524. The van der Waals surface area contributed by atoms with Gasteiger partial charge in [0.2, 0.25) is 0 Å². The molecule has 3 heteroatoms. The van der Waals surface area contributed by atoms with E-state index in [4.69, 9.17) is 9.47 Å². The Balaban J connectivity index is 1.52. The highest BCUT2D eigenvalue weighted by atomic mass is 16.5. The molecule has 3 atom stereocenters. The second-order valence-electron chi connectivity index (χ2n) is 7.33. The number of piperidine rings is 1. The second kappa shape index (κ2) is 6.73. The normalized spacial score (nSPS) is 26.8. The molecule has 0 saturated carbocycles. The predicted octanol–water partition coefficient (Wildman–Crippen LogP) is 4.21. The van der Waals surface area contributed by atoms with Crippen molar-refractivity contribution in [2.24, 2.45) is 0 Å². The largest absolute Gasteiger partial charge is 0.491 e. The van der Waals surface area contributed by atoms with Crippen molar-refractivity contribution in [2.45, 2.75) is 43.7 Å². The van der Waals surface area contributed by atoms with Gasteiger partial charge < -0.3 is 14.4 Å². The van der Waals surface area contributed by atoms with Crippen LogP contribution >= 0.6 is 0 Å². The van der Waals surface area contributed by atoms with Gasteiger partial charge in [0, 0.05) is 19.2 Å². The number of methoxy groups -OCH3 is 1. The lowest BCUT2D eigenvalue weighted by atomic mass is 9.84. The fourth-order valence-electron chi connectivity index (χ4n) is 4.51. The number of hydrogen-bond donors (Lipinski definition) is 0. The summed E-state index contributed by atoms with van der Waals surface area (Å²) in [5, 5.41) is 2.57. The van der Waals surface area contributed by atoms with Crippen LogP contribution in [0.5, 0.6) is 5.75 Å². The zero-order chi connectivity index (χ0) is 16.5. The van der Waals surface area contributed by atoms with Crippen LogP contribution in [0.15, 0.2) is 36.4 Å². The molecule has 3 nitrogen and oxygen atoms in total. The molecule has 4 rings (SSSR count). The van der Waals surface area contributed by atoms with E-state index in [0.717, 1.165) is 23.8 Å². The molecule has 0 aromatic heterocycles. The van der Waals surface area contributed by atoms with E-state index < -0.39 is 0 Å².